The third-order valence-corrected chi connectivity index (χ3v) is 2.46. The average Bonchev–Trinajstić information content (AvgIpc) is 2.78. The van der Waals surface area contributed by atoms with Gasteiger partial charge in [0.25, 0.3) is 5.91 Å². The summed E-state index contributed by atoms with van der Waals surface area (Å²) in [4.78, 5) is 11.6. The van der Waals surface area contributed by atoms with Crippen molar-refractivity contribution in [3.63, 3.8) is 0 Å². The fraction of sp³-hybridized carbons (Fsp3) is 0.231. The highest BCUT2D eigenvalue weighted by molar-refractivity contribution is 5.91. The Balaban J connectivity index is 1.82. The predicted octanol–water partition coefficient (Wildman–Crippen LogP) is 2.09. The number of rotatable bonds is 4. The summed E-state index contributed by atoms with van der Waals surface area (Å²) in [7, 11) is 0. The van der Waals surface area contributed by atoms with Crippen molar-refractivity contribution < 1.29 is 13.7 Å². The van der Waals surface area contributed by atoms with Gasteiger partial charge in [0.05, 0.1) is 5.69 Å². The Labute approximate surface area is 104 Å². The fourth-order valence-electron chi connectivity index (χ4n) is 1.53. The molecule has 0 saturated carbocycles. The summed E-state index contributed by atoms with van der Waals surface area (Å²) >= 11 is 0. The number of aromatic nitrogens is 1. The van der Waals surface area contributed by atoms with Gasteiger partial charge in [-0.2, -0.15) is 0 Å². The fourth-order valence-corrected chi connectivity index (χ4v) is 1.53. The van der Waals surface area contributed by atoms with Gasteiger partial charge in [-0.25, -0.2) is 4.39 Å². The first-order valence-electron chi connectivity index (χ1n) is 5.61. The van der Waals surface area contributed by atoms with E-state index in [1.54, 1.807) is 25.1 Å². The van der Waals surface area contributed by atoms with Crippen LogP contribution in [0.4, 0.5) is 4.39 Å². The molecule has 0 aliphatic heterocycles. The minimum atomic E-state index is -0.294. The molecular formula is C13H13FN2O2. The number of halogens is 1. The first-order valence-corrected chi connectivity index (χ1v) is 5.61. The summed E-state index contributed by atoms with van der Waals surface area (Å²) in [6.45, 7) is 2.21. The largest absolute Gasteiger partial charge is 0.351 e. The predicted molar refractivity (Wildman–Crippen MR) is 63.7 cm³/mol. The van der Waals surface area contributed by atoms with Gasteiger partial charge >= 0.3 is 0 Å². The van der Waals surface area contributed by atoms with Gasteiger partial charge in [-0.05, 0) is 31.0 Å². The van der Waals surface area contributed by atoms with E-state index in [9.17, 15) is 9.18 Å². The maximum Gasteiger partial charge on any atom is 0.289 e. The van der Waals surface area contributed by atoms with E-state index >= 15 is 0 Å². The van der Waals surface area contributed by atoms with Gasteiger partial charge in [-0.15, -0.1) is 0 Å². The van der Waals surface area contributed by atoms with E-state index in [4.69, 9.17) is 4.52 Å². The van der Waals surface area contributed by atoms with Crippen LogP contribution in [0.25, 0.3) is 0 Å². The molecule has 0 bridgehead atoms. The smallest absolute Gasteiger partial charge is 0.289 e. The van der Waals surface area contributed by atoms with E-state index in [2.05, 4.69) is 10.5 Å². The Morgan fingerprint density at radius 1 is 1.39 bits per heavy atom. The van der Waals surface area contributed by atoms with E-state index in [1.165, 1.54) is 12.1 Å². The van der Waals surface area contributed by atoms with Crippen molar-refractivity contribution in [2.75, 3.05) is 6.54 Å². The molecule has 1 N–H and O–H groups in total. The first-order chi connectivity index (χ1) is 8.65. The number of nitrogens with zero attached hydrogens (tertiary/aromatic N) is 1. The summed E-state index contributed by atoms with van der Waals surface area (Å²) < 4.78 is 17.5. The van der Waals surface area contributed by atoms with Crippen molar-refractivity contribution in [2.24, 2.45) is 0 Å². The van der Waals surface area contributed by atoms with Gasteiger partial charge in [-0.3, -0.25) is 4.79 Å². The number of nitrogens with one attached hydrogen (secondary N) is 1. The maximum atomic E-state index is 12.7. The highest BCUT2D eigenvalue weighted by atomic mass is 19.1. The third kappa shape index (κ3) is 3.16. The second-order valence-electron chi connectivity index (χ2n) is 3.96. The molecule has 0 saturated heterocycles. The summed E-state index contributed by atoms with van der Waals surface area (Å²) in [5, 5.41) is 6.35. The van der Waals surface area contributed by atoms with Crippen molar-refractivity contribution in [3.8, 4) is 0 Å². The van der Waals surface area contributed by atoms with E-state index in [1.807, 2.05) is 0 Å². The monoisotopic (exact) mass is 248 g/mol. The molecule has 1 aromatic heterocycles. The van der Waals surface area contributed by atoms with Gasteiger partial charge in [0.2, 0.25) is 5.76 Å². The molecule has 0 unspecified atom stereocenters. The number of aryl methyl sites for hydroxylation is 1. The standard InChI is InChI=1S/C13H13FN2O2/c1-9-8-12(18-16-9)13(17)15-7-6-10-2-4-11(14)5-3-10/h2-5,8H,6-7H2,1H3,(H,15,17). The zero-order chi connectivity index (χ0) is 13.0. The van der Waals surface area contributed by atoms with Gasteiger partial charge in [0.15, 0.2) is 0 Å². The van der Waals surface area contributed by atoms with E-state index in [0.29, 0.717) is 18.7 Å². The Morgan fingerprint density at radius 2 is 2.11 bits per heavy atom. The van der Waals surface area contributed by atoms with Crippen molar-refractivity contribution in [1.82, 2.24) is 10.5 Å². The Morgan fingerprint density at radius 3 is 2.72 bits per heavy atom. The molecule has 94 valence electrons. The van der Waals surface area contributed by atoms with Gasteiger partial charge in [0, 0.05) is 12.6 Å². The lowest BCUT2D eigenvalue weighted by molar-refractivity contribution is 0.0917. The number of benzene rings is 1. The Hall–Kier alpha value is -2.17. The van der Waals surface area contributed by atoms with Crippen LogP contribution in [0.1, 0.15) is 21.8 Å². The second-order valence-corrected chi connectivity index (χ2v) is 3.96. The number of carbonyl (C=O) groups is 1. The molecule has 0 aliphatic rings. The Bertz CT molecular complexity index is 534. The summed E-state index contributed by atoms with van der Waals surface area (Å²) in [6, 6.07) is 7.77. The molecule has 0 radical (unpaired) electrons. The number of carbonyl (C=O) groups excluding carboxylic acids is 1. The molecule has 1 amide bonds. The molecule has 0 atom stereocenters. The molecular weight excluding hydrogens is 235 g/mol. The number of hydrogen-bond acceptors (Lipinski definition) is 3. The van der Waals surface area contributed by atoms with Crippen LogP contribution in [0.3, 0.4) is 0 Å². The second kappa shape index (κ2) is 5.44. The van der Waals surface area contributed by atoms with E-state index in [-0.39, 0.29) is 17.5 Å². The van der Waals surface area contributed by atoms with Crippen LogP contribution in [-0.4, -0.2) is 17.6 Å². The highest BCUT2D eigenvalue weighted by Gasteiger charge is 2.10. The summed E-state index contributed by atoms with van der Waals surface area (Å²) in [6.07, 6.45) is 0.638. The van der Waals surface area contributed by atoms with Crippen LogP contribution in [0.5, 0.6) is 0 Å². The van der Waals surface area contributed by atoms with Crippen LogP contribution >= 0.6 is 0 Å². The molecule has 4 nitrogen and oxygen atoms in total. The lowest BCUT2D eigenvalue weighted by atomic mass is 10.1. The zero-order valence-corrected chi connectivity index (χ0v) is 9.94. The normalized spacial score (nSPS) is 10.3. The molecule has 0 spiro atoms. The number of amides is 1. The molecule has 2 aromatic rings. The molecule has 1 heterocycles. The van der Waals surface area contributed by atoms with E-state index < -0.39 is 0 Å². The van der Waals surface area contributed by atoms with E-state index in [0.717, 1.165) is 5.56 Å². The van der Waals surface area contributed by atoms with Crippen LogP contribution < -0.4 is 5.32 Å². The van der Waals surface area contributed by atoms with Crippen LogP contribution in [-0.2, 0) is 6.42 Å². The SMILES string of the molecule is Cc1cc(C(=O)NCCc2ccc(F)cc2)on1. The van der Waals surface area contributed by atoms with Gasteiger partial charge in [0.1, 0.15) is 5.82 Å². The van der Waals surface area contributed by atoms with Crippen molar-refractivity contribution in [1.29, 1.82) is 0 Å². The Kier molecular flexibility index (Phi) is 3.72. The molecule has 18 heavy (non-hydrogen) atoms. The van der Waals surface area contributed by atoms with Crippen molar-refractivity contribution in [3.05, 3.63) is 53.2 Å². The topological polar surface area (TPSA) is 55.1 Å². The molecule has 0 aliphatic carbocycles. The lowest BCUT2D eigenvalue weighted by Crippen LogP contribution is -2.25. The summed E-state index contributed by atoms with van der Waals surface area (Å²) in [5.74, 6) is -0.357. The van der Waals surface area contributed by atoms with Crippen LogP contribution in [0.2, 0.25) is 0 Å². The minimum Gasteiger partial charge on any atom is -0.351 e. The molecule has 5 heteroatoms. The van der Waals surface area contributed by atoms with Gasteiger partial charge in [-0.1, -0.05) is 17.3 Å². The molecule has 1 aromatic carbocycles. The summed E-state index contributed by atoms with van der Waals surface area (Å²) in [5.41, 5.74) is 1.63. The van der Waals surface area contributed by atoms with Crippen LogP contribution in [0.15, 0.2) is 34.9 Å². The van der Waals surface area contributed by atoms with Crippen molar-refractivity contribution in [2.45, 2.75) is 13.3 Å². The highest BCUT2D eigenvalue weighted by Crippen LogP contribution is 2.04. The minimum absolute atomic E-state index is 0.201. The quantitative estimate of drug-likeness (QED) is 0.901. The van der Waals surface area contributed by atoms with Gasteiger partial charge < -0.3 is 9.84 Å². The average molecular weight is 248 g/mol. The van der Waals surface area contributed by atoms with Crippen molar-refractivity contribution >= 4 is 5.91 Å². The maximum absolute atomic E-state index is 12.7. The zero-order valence-electron chi connectivity index (χ0n) is 9.94. The van der Waals surface area contributed by atoms with Crippen LogP contribution in [0, 0.1) is 12.7 Å². The lowest BCUT2D eigenvalue weighted by Gasteiger charge is -2.02. The molecule has 0 fully saturated rings. The molecule has 2 rings (SSSR count). The number of hydrogen-bond donors (Lipinski definition) is 1. The first kappa shape index (κ1) is 12.3. The third-order valence-electron chi connectivity index (χ3n) is 2.46.